The Labute approximate surface area is 188 Å². The topological polar surface area (TPSA) is 88.7 Å². The number of nitrogens with one attached hydrogen (secondary N) is 3. The van der Waals surface area contributed by atoms with E-state index < -0.39 is 11.8 Å². The molecule has 1 aromatic carbocycles. The standard InChI is InChI=1S/C21H25ClF3N3O4/c22-15-1-3-16(4-2-15)31-9-17(29)27-20-10-19(11-20,12-20)18(30)28-26-7-13-5-14(6-13)8-32-21(23,24)25/h1-4,13-14,26H,5-12H2,(H,27,29)(H,28,30). The number of hydrogen-bond acceptors (Lipinski definition) is 5. The molecule has 0 heterocycles. The average Bonchev–Trinajstić information content (AvgIpc) is 2.63. The fourth-order valence-corrected chi connectivity index (χ4v) is 5.10. The van der Waals surface area contributed by atoms with Gasteiger partial charge in [0.15, 0.2) is 6.61 Å². The molecule has 4 aliphatic rings. The van der Waals surface area contributed by atoms with Gasteiger partial charge in [0.05, 0.1) is 12.0 Å². The number of hydrazine groups is 1. The van der Waals surface area contributed by atoms with Crippen molar-refractivity contribution < 1.29 is 32.2 Å². The van der Waals surface area contributed by atoms with Crippen LogP contribution in [0.3, 0.4) is 0 Å². The minimum atomic E-state index is -4.58. The maximum atomic E-state index is 12.4. The molecule has 3 N–H and O–H groups in total. The maximum absolute atomic E-state index is 12.4. The van der Waals surface area contributed by atoms with Crippen molar-refractivity contribution in [3.05, 3.63) is 29.3 Å². The molecule has 2 amide bonds. The van der Waals surface area contributed by atoms with Gasteiger partial charge in [0, 0.05) is 17.1 Å². The van der Waals surface area contributed by atoms with Gasteiger partial charge in [0.25, 0.3) is 5.91 Å². The van der Waals surface area contributed by atoms with Crippen molar-refractivity contribution in [2.45, 2.75) is 44.0 Å². The van der Waals surface area contributed by atoms with Gasteiger partial charge in [0.1, 0.15) is 5.75 Å². The van der Waals surface area contributed by atoms with Crippen molar-refractivity contribution in [1.82, 2.24) is 16.2 Å². The average molecular weight is 476 g/mol. The molecule has 5 rings (SSSR count). The van der Waals surface area contributed by atoms with Crippen LogP contribution in [0, 0.1) is 17.3 Å². The molecule has 2 bridgehead atoms. The van der Waals surface area contributed by atoms with Gasteiger partial charge in [-0.05, 0) is 68.2 Å². The first kappa shape index (κ1) is 23.1. The predicted molar refractivity (Wildman–Crippen MR) is 108 cm³/mol. The second-order valence-electron chi connectivity index (χ2n) is 9.18. The Bertz CT molecular complexity index is 839. The number of hydrogen-bond donors (Lipinski definition) is 3. The summed E-state index contributed by atoms with van der Waals surface area (Å²) >= 11 is 5.81. The third-order valence-corrected chi connectivity index (χ3v) is 6.76. The quantitative estimate of drug-likeness (QED) is 0.453. The number of halogens is 4. The monoisotopic (exact) mass is 475 g/mol. The summed E-state index contributed by atoms with van der Waals surface area (Å²) in [7, 11) is 0. The van der Waals surface area contributed by atoms with Crippen LogP contribution < -0.4 is 20.9 Å². The van der Waals surface area contributed by atoms with E-state index in [1.807, 2.05) is 0 Å². The molecule has 176 valence electrons. The number of carbonyl (C=O) groups is 2. The first-order valence-electron chi connectivity index (χ1n) is 10.5. The van der Waals surface area contributed by atoms with Gasteiger partial charge in [0.2, 0.25) is 5.91 Å². The summed E-state index contributed by atoms with van der Waals surface area (Å²) in [5.41, 5.74) is 4.81. The number of benzene rings is 1. The lowest BCUT2D eigenvalue weighted by atomic mass is 9.39. The molecule has 0 unspecified atom stereocenters. The summed E-state index contributed by atoms with van der Waals surface area (Å²) in [5.74, 6) is 0.332. The minimum Gasteiger partial charge on any atom is -0.484 e. The first-order chi connectivity index (χ1) is 15.1. The highest BCUT2D eigenvalue weighted by molar-refractivity contribution is 6.30. The second kappa shape index (κ2) is 8.72. The molecule has 0 aliphatic heterocycles. The van der Waals surface area contributed by atoms with Crippen molar-refractivity contribution >= 4 is 23.4 Å². The van der Waals surface area contributed by atoms with Crippen LogP contribution >= 0.6 is 11.6 Å². The molecule has 4 saturated carbocycles. The van der Waals surface area contributed by atoms with Gasteiger partial charge in [-0.25, -0.2) is 5.43 Å². The van der Waals surface area contributed by atoms with Crippen molar-refractivity contribution in [1.29, 1.82) is 0 Å². The van der Waals surface area contributed by atoms with Crippen LogP contribution in [0.1, 0.15) is 32.1 Å². The highest BCUT2D eigenvalue weighted by Gasteiger charge is 2.72. The number of carbonyl (C=O) groups excluding carboxylic acids is 2. The van der Waals surface area contributed by atoms with Crippen LogP contribution in [0.5, 0.6) is 5.75 Å². The van der Waals surface area contributed by atoms with E-state index in [2.05, 4.69) is 20.9 Å². The van der Waals surface area contributed by atoms with Crippen LogP contribution in [0.15, 0.2) is 24.3 Å². The van der Waals surface area contributed by atoms with Crippen LogP contribution in [0.25, 0.3) is 0 Å². The lowest BCUT2D eigenvalue weighted by Crippen LogP contribution is -2.79. The van der Waals surface area contributed by atoms with Crippen molar-refractivity contribution in [2.75, 3.05) is 19.8 Å². The van der Waals surface area contributed by atoms with Gasteiger partial charge < -0.3 is 10.1 Å². The zero-order valence-electron chi connectivity index (χ0n) is 17.3. The molecule has 32 heavy (non-hydrogen) atoms. The summed E-state index contributed by atoms with van der Waals surface area (Å²) < 4.78 is 45.3. The number of amides is 2. The van der Waals surface area contributed by atoms with Gasteiger partial charge in [-0.1, -0.05) is 11.6 Å². The van der Waals surface area contributed by atoms with Gasteiger partial charge in [-0.15, -0.1) is 13.2 Å². The molecule has 0 atom stereocenters. The Balaban J connectivity index is 1.07. The van der Waals surface area contributed by atoms with Crippen LogP contribution in [-0.2, 0) is 14.3 Å². The third kappa shape index (κ3) is 5.29. The maximum Gasteiger partial charge on any atom is 0.522 e. The van der Waals surface area contributed by atoms with E-state index in [0.717, 1.165) is 0 Å². The molecule has 7 nitrogen and oxygen atoms in total. The van der Waals surface area contributed by atoms with Crippen molar-refractivity contribution in [3.63, 3.8) is 0 Å². The van der Waals surface area contributed by atoms with E-state index in [-0.39, 0.29) is 42.4 Å². The molecule has 4 aliphatic carbocycles. The Morgan fingerprint density at radius 2 is 1.75 bits per heavy atom. The highest BCUT2D eigenvalue weighted by Crippen LogP contribution is 2.67. The van der Waals surface area contributed by atoms with Crippen molar-refractivity contribution in [3.8, 4) is 5.75 Å². The Morgan fingerprint density at radius 1 is 1.09 bits per heavy atom. The van der Waals surface area contributed by atoms with Gasteiger partial charge in [-0.2, -0.15) is 0 Å². The minimum absolute atomic E-state index is 0.0936. The predicted octanol–water partition coefficient (Wildman–Crippen LogP) is 2.94. The Morgan fingerprint density at radius 3 is 2.38 bits per heavy atom. The number of rotatable bonds is 10. The fourth-order valence-electron chi connectivity index (χ4n) is 4.97. The number of alkyl halides is 3. The normalized spacial score (nSPS) is 30.4. The van der Waals surface area contributed by atoms with E-state index in [1.165, 1.54) is 0 Å². The van der Waals surface area contributed by atoms with E-state index >= 15 is 0 Å². The number of ether oxygens (including phenoxy) is 2. The Kier molecular flexibility index (Phi) is 6.30. The zero-order valence-corrected chi connectivity index (χ0v) is 18.0. The third-order valence-electron chi connectivity index (χ3n) is 6.51. The van der Waals surface area contributed by atoms with Crippen LogP contribution in [0.2, 0.25) is 5.02 Å². The summed E-state index contributed by atoms with van der Waals surface area (Å²) in [6.07, 6.45) is -1.56. The summed E-state index contributed by atoms with van der Waals surface area (Å²) in [5, 5.41) is 3.54. The zero-order chi connectivity index (χ0) is 23.0. The van der Waals surface area contributed by atoms with Crippen LogP contribution in [-0.4, -0.2) is 43.5 Å². The van der Waals surface area contributed by atoms with E-state index in [0.29, 0.717) is 49.4 Å². The molecule has 1 aromatic rings. The molecule has 11 heteroatoms. The lowest BCUT2D eigenvalue weighted by Gasteiger charge is -2.69. The highest BCUT2D eigenvalue weighted by atomic mass is 35.5. The fraction of sp³-hybridized carbons (Fsp3) is 0.619. The molecular formula is C21H25ClF3N3O4. The Hall–Kier alpha value is -2.04. The molecule has 0 aromatic heterocycles. The summed E-state index contributed by atoms with van der Waals surface area (Å²) in [6, 6.07) is 6.72. The first-order valence-corrected chi connectivity index (χ1v) is 10.9. The molecule has 0 saturated heterocycles. The smallest absolute Gasteiger partial charge is 0.484 e. The largest absolute Gasteiger partial charge is 0.522 e. The SMILES string of the molecule is O=C(COc1ccc(Cl)cc1)NC12CC(C(=O)NNCC3CC(COC(F)(F)F)C3)(C1)C2. The van der Waals surface area contributed by atoms with E-state index in [9.17, 15) is 22.8 Å². The van der Waals surface area contributed by atoms with Gasteiger partial charge >= 0.3 is 6.36 Å². The van der Waals surface area contributed by atoms with Gasteiger partial charge in [-0.3, -0.25) is 19.8 Å². The summed E-state index contributed by atoms with van der Waals surface area (Å²) in [6.45, 7) is 0.0861. The van der Waals surface area contributed by atoms with E-state index in [1.54, 1.807) is 24.3 Å². The molecule has 0 spiro atoms. The molecule has 4 fully saturated rings. The second-order valence-corrected chi connectivity index (χ2v) is 9.61. The van der Waals surface area contributed by atoms with Crippen LogP contribution in [0.4, 0.5) is 13.2 Å². The van der Waals surface area contributed by atoms with Crippen molar-refractivity contribution in [2.24, 2.45) is 17.3 Å². The molecular weight excluding hydrogens is 451 g/mol. The van der Waals surface area contributed by atoms with E-state index in [4.69, 9.17) is 16.3 Å². The lowest BCUT2D eigenvalue weighted by molar-refractivity contribution is -0.330. The summed E-state index contributed by atoms with van der Waals surface area (Å²) in [4.78, 5) is 24.6. The molecule has 0 radical (unpaired) electrons.